The lowest BCUT2D eigenvalue weighted by molar-refractivity contribution is -0.139. The van der Waals surface area contributed by atoms with E-state index in [1.807, 2.05) is 4.90 Å². The Morgan fingerprint density at radius 3 is 2.75 bits per heavy atom. The quantitative estimate of drug-likeness (QED) is 0.926. The van der Waals surface area contributed by atoms with Crippen LogP contribution >= 0.6 is 11.8 Å². The van der Waals surface area contributed by atoms with Crippen molar-refractivity contribution in [3.63, 3.8) is 0 Å². The molecule has 0 saturated heterocycles. The van der Waals surface area contributed by atoms with Crippen molar-refractivity contribution in [2.24, 2.45) is 0 Å². The van der Waals surface area contributed by atoms with E-state index in [0.29, 0.717) is 18.5 Å². The van der Waals surface area contributed by atoms with Gasteiger partial charge in [0.1, 0.15) is 0 Å². The van der Waals surface area contributed by atoms with E-state index in [9.17, 15) is 23.1 Å². The standard InChI is InChI=1S/C13H14F3NO2S/c14-13(15,16)20-8-7-17-6-5-10(12(18)19)9-3-1-2-4-11(9)17/h1-4,10H,5-8H2,(H,18,19). The second-order valence-corrected chi connectivity index (χ2v) is 5.68. The van der Waals surface area contributed by atoms with E-state index in [1.165, 1.54) is 0 Å². The minimum Gasteiger partial charge on any atom is -0.481 e. The fourth-order valence-corrected chi connectivity index (χ4v) is 2.93. The van der Waals surface area contributed by atoms with Crippen molar-refractivity contribution < 1.29 is 23.1 Å². The summed E-state index contributed by atoms with van der Waals surface area (Å²) in [6.07, 6.45) is 0.420. The Kier molecular flexibility index (Phi) is 4.47. The zero-order valence-corrected chi connectivity index (χ0v) is 11.4. The molecule has 0 aromatic heterocycles. The summed E-state index contributed by atoms with van der Waals surface area (Å²) in [6.45, 7) is 0.722. The molecule has 1 aliphatic heterocycles. The van der Waals surface area contributed by atoms with E-state index < -0.39 is 17.4 Å². The molecular weight excluding hydrogens is 291 g/mol. The van der Waals surface area contributed by atoms with E-state index in [-0.39, 0.29) is 24.1 Å². The molecule has 20 heavy (non-hydrogen) atoms. The molecule has 1 atom stereocenters. The maximum atomic E-state index is 12.1. The third-order valence-electron chi connectivity index (χ3n) is 3.27. The topological polar surface area (TPSA) is 40.5 Å². The second kappa shape index (κ2) is 5.95. The number of nitrogens with zero attached hydrogens (tertiary/aromatic N) is 1. The number of fused-ring (bicyclic) bond motifs is 1. The van der Waals surface area contributed by atoms with Gasteiger partial charge in [-0.05, 0) is 29.8 Å². The summed E-state index contributed by atoms with van der Waals surface area (Å²) < 4.78 is 36.4. The minimum absolute atomic E-state index is 0.0490. The highest BCUT2D eigenvalue weighted by Crippen LogP contribution is 2.36. The SMILES string of the molecule is O=C(O)C1CCN(CCSC(F)(F)F)c2ccccc21. The van der Waals surface area contributed by atoms with Crippen LogP contribution in [0.1, 0.15) is 17.9 Å². The summed E-state index contributed by atoms with van der Waals surface area (Å²) >= 11 is -0.0490. The average Bonchev–Trinajstić information content (AvgIpc) is 2.37. The summed E-state index contributed by atoms with van der Waals surface area (Å²) in [4.78, 5) is 13.0. The van der Waals surface area contributed by atoms with E-state index in [4.69, 9.17) is 0 Å². The number of carboxylic acid groups (broad SMARTS) is 1. The van der Waals surface area contributed by atoms with Gasteiger partial charge in [0.2, 0.25) is 0 Å². The molecule has 0 radical (unpaired) electrons. The summed E-state index contributed by atoms with van der Waals surface area (Å²) in [5.41, 5.74) is -2.81. The number of para-hydroxylation sites is 1. The van der Waals surface area contributed by atoms with E-state index >= 15 is 0 Å². The lowest BCUT2D eigenvalue weighted by Gasteiger charge is -2.34. The van der Waals surface area contributed by atoms with Gasteiger partial charge in [-0.3, -0.25) is 4.79 Å². The molecule has 1 unspecified atom stereocenters. The first kappa shape index (κ1) is 15.0. The zero-order chi connectivity index (χ0) is 14.8. The minimum atomic E-state index is -4.22. The second-order valence-electron chi connectivity index (χ2n) is 4.52. The smallest absolute Gasteiger partial charge is 0.441 e. The van der Waals surface area contributed by atoms with Crippen LogP contribution in [0.3, 0.4) is 0 Å². The van der Waals surface area contributed by atoms with Gasteiger partial charge in [0.15, 0.2) is 0 Å². The Balaban J connectivity index is 2.09. The highest BCUT2D eigenvalue weighted by molar-refractivity contribution is 8.00. The number of alkyl halides is 3. The first-order valence-corrected chi connectivity index (χ1v) is 7.14. The molecule has 0 aliphatic carbocycles. The molecule has 1 heterocycles. The van der Waals surface area contributed by atoms with Gasteiger partial charge in [-0.25, -0.2) is 0 Å². The van der Waals surface area contributed by atoms with Crippen LogP contribution in [0.15, 0.2) is 24.3 Å². The fourth-order valence-electron chi connectivity index (χ4n) is 2.39. The molecule has 0 spiro atoms. The van der Waals surface area contributed by atoms with Crippen molar-refractivity contribution in [2.45, 2.75) is 17.8 Å². The highest BCUT2D eigenvalue weighted by atomic mass is 32.2. The Bertz CT molecular complexity index is 493. The highest BCUT2D eigenvalue weighted by Gasteiger charge is 2.31. The van der Waals surface area contributed by atoms with Gasteiger partial charge >= 0.3 is 11.5 Å². The van der Waals surface area contributed by atoms with Gasteiger partial charge in [0.05, 0.1) is 5.92 Å². The van der Waals surface area contributed by atoms with Crippen molar-refractivity contribution in [1.29, 1.82) is 0 Å². The molecule has 0 bridgehead atoms. The predicted molar refractivity (Wildman–Crippen MR) is 72.2 cm³/mol. The number of hydrogen-bond donors (Lipinski definition) is 1. The molecule has 0 saturated carbocycles. The average molecular weight is 305 g/mol. The van der Waals surface area contributed by atoms with E-state index in [0.717, 1.165) is 5.69 Å². The molecule has 7 heteroatoms. The molecule has 1 N–H and O–H groups in total. The molecule has 3 nitrogen and oxygen atoms in total. The third kappa shape index (κ3) is 3.59. The van der Waals surface area contributed by atoms with Crippen LogP contribution in [-0.4, -0.2) is 35.4 Å². The largest absolute Gasteiger partial charge is 0.481 e. The first-order valence-electron chi connectivity index (χ1n) is 6.16. The fraction of sp³-hybridized carbons (Fsp3) is 0.462. The van der Waals surface area contributed by atoms with Gasteiger partial charge in [-0.2, -0.15) is 13.2 Å². The van der Waals surface area contributed by atoms with Gasteiger partial charge in [0, 0.05) is 24.5 Å². The summed E-state index contributed by atoms with van der Waals surface area (Å²) in [6, 6.07) is 7.02. The van der Waals surface area contributed by atoms with Crippen molar-refractivity contribution in [2.75, 3.05) is 23.7 Å². The van der Waals surface area contributed by atoms with Crippen molar-refractivity contribution in [3.8, 4) is 0 Å². The number of carbonyl (C=O) groups is 1. The van der Waals surface area contributed by atoms with Crippen molar-refractivity contribution in [3.05, 3.63) is 29.8 Å². The van der Waals surface area contributed by atoms with Crippen LogP contribution < -0.4 is 4.90 Å². The van der Waals surface area contributed by atoms with Crippen LogP contribution in [0, 0.1) is 0 Å². The summed E-state index contributed by atoms with van der Waals surface area (Å²) in [5, 5.41) is 9.18. The Morgan fingerprint density at radius 1 is 1.40 bits per heavy atom. The number of aliphatic carboxylic acids is 1. The Labute approximate surface area is 118 Å². The molecular formula is C13H14F3NO2S. The first-order chi connectivity index (χ1) is 9.38. The summed E-state index contributed by atoms with van der Waals surface area (Å²) in [5.74, 6) is -1.52. The van der Waals surface area contributed by atoms with Gasteiger partial charge in [0.25, 0.3) is 0 Å². The van der Waals surface area contributed by atoms with Crippen LogP contribution in [0.2, 0.25) is 0 Å². The number of benzene rings is 1. The maximum Gasteiger partial charge on any atom is 0.441 e. The predicted octanol–water partition coefficient (Wildman–Crippen LogP) is 3.32. The number of hydrogen-bond acceptors (Lipinski definition) is 3. The molecule has 0 fully saturated rings. The number of thioether (sulfide) groups is 1. The van der Waals surface area contributed by atoms with Gasteiger partial charge in [-0.15, -0.1) is 0 Å². The monoisotopic (exact) mass is 305 g/mol. The van der Waals surface area contributed by atoms with E-state index in [2.05, 4.69) is 0 Å². The number of carboxylic acids is 1. The number of anilines is 1. The molecule has 1 aromatic carbocycles. The zero-order valence-electron chi connectivity index (χ0n) is 10.6. The van der Waals surface area contributed by atoms with Crippen molar-refractivity contribution in [1.82, 2.24) is 0 Å². The third-order valence-corrected chi connectivity index (χ3v) is 3.98. The molecule has 110 valence electrons. The Morgan fingerprint density at radius 2 is 2.10 bits per heavy atom. The maximum absolute atomic E-state index is 12.1. The number of rotatable bonds is 4. The molecule has 1 aromatic rings. The van der Waals surface area contributed by atoms with Crippen LogP contribution in [0.4, 0.5) is 18.9 Å². The van der Waals surface area contributed by atoms with Crippen LogP contribution in [-0.2, 0) is 4.79 Å². The summed E-state index contributed by atoms with van der Waals surface area (Å²) in [7, 11) is 0. The van der Waals surface area contributed by atoms with E-state index in [1.54, 1.807) is 24.3 Å². The van der Waals surface area contributed by atoms with Gasteiger partial charge in [-0.1, -0.05) is 18.2 Å². The molecule has 2 rings (SSSR count). The number of halogens is 3. The van der Waals surface area contributed by atoms with Crippen LogP contribution in [0.25, 0.3) is 0 Å². The molecule has 0 amide bonds. The Hall–Kier alpha value is -1.37. The molecule has 1 aliphatic rings. The van der Waals surface area contributed by atoms with Crippen molar-refractivity contribution >= 4 is 23.4 Å². The normalized spacial score (nSPS) is 18.8. The lowest BCUT2D eigenvalue weighted by atomic mass is 9.90. The van der Waals surface area contributed by atoms with Crippen LogP contribution in [0.5, 0.6) is 0 Å². The van der Waals surface area contributed by atoms with Gasteiger partial charge < -0.3 is 10.0 Å². The lowest BCUT2D eigenvalue weighted by Crippen LogP contribution is -2.35.